The number of hydrogen-bond donors (Lipinski definition) is 3. The molecular formula is C3H6KNO5. The number of carboxylic acids is 1. The largest absolute Gasteiger partial charge is 1.00 e. The van der Waals surface area contributed by atoms with E-state index < -0.39 is 12.1 Å². The molecule has 0 spiro atoms. The van der Waals surface area contributed by atoms with Gasteiger partial charge in [0.2, 0.25) is 6.16 Å². The van der Waals surface area contributed by atoms with Crippen molar-refractivity contribution >= 4 is 12.1 Å². The van der Waals surface area contributed by atoms with Crippen LogP contribution in [-0.2, 0) is 4.79 Å². The Labute approximate surface area is 99.4 Å². The second-order valence-corrected chi connectivity index (χ2v) is 0.864. The van der Waals surface area contributed by atoms with Gasteiger partial charge in [-0.05, 0) is 0 Å². The molecule has 0 rings (SSSR count). The van der Waals surface area contributed by atoms with Gasteiger partial charge in [-0.3, -0.25) is 4.79 Å². The first-order chi connectivity index (χ1) is 4.00. The van der Waals surface area contributed by atoms with E-state index >= 15 is 0 Å². The Morgan fingerprint density at radius 1 is 1.40 bits per heavy atom. The third-order valence-electron chi connectivity index (χ3n) is 0.175. The molecule has 6 nitrogen and oxygen atoms in total. The average molecular weight is 175 g/mol. The molecule has 0 atom stereocenters. The summed E-state index contributed by atoms with van der Waals surface area (Å²) in [6.45, 7) is -0.278. The summed E-state index contributed by atoms with van der Waals surface area (Å²) in [6, 6.07) is 0. The number of carboxylic acid groups (broad SMARTS) is 3. The molecule has 0 aliphatic rings. The van der Waals surface area contributed by atoms with E-state index in [9.17, 15) is 4.79 Å². The zero-order valence-electron chi connectivity index (χ0n) is 5.40. The van der Waals surface area contributed by atoms with Crippen LogP contribution in [0.2, 0.25) is 0 Å². The van der Waals surface area contributed by atoms with Gasteiger partial charge in [0.05, 0.1) is 6.54 Å². The molecule has 0 bridgehead atoms. The van der Waals surface area contributed by atoms with Gasteiger partial charge in [0.1, 0.15) is 0 Å². The maximum Gasteiger partial charge on any atom is 1.00 e. The van der Waals surface area contributed by atoms with Crippen LogP contribution in [0, 0.1) is 0 Å². The summed E-state index contributed by atoms with van der Waals surface area (Å²) in [4.78, 5) is 17.7. The van der Waals surface area contributed by atoms with Crippen molar-refractivity contribution in [1.29, 1.82) is 0 Å². The van der Waals surface area contributed by atoms with Crippen LogP contribution in [0.3, 0.4) is 0 Å². The number of rotatable bonds is 1. The maximum atomic E-state index is 9.24. The Kier molecular flexibility index (Phi) is 20.2. The third kappa shape index (κ3) is 82.2. The van der Waals surface area contributed by atoms with E-state index in [1.165, 1.54) is 0 Å². The van der Waals surface area contributed by atoms with Crippen molar-refractivity contribution in [3.63, 3.8) is 0 Å². The van der Waals surface area contributed by atoms with E-state index in [1.807, 2.05) is 0 Å². The first-order valence-electron chi connectivity index (χ1n) is 1.82. The molecule has 0 heterocycles. The van der Waals surface area contributed by atoms with Crippen molar-refractivity contribution in [3.05, 3.63) is 0 Å². The van der Waals surface area contributed by atoms with E-state index in [0.29, 0.717) is 0 Å². The fourth-order valence-corrected chi connectivity index (χ4v) is 0. The van der Waals surface area contributed by atoms with Gasteiger partial charge in [0, 0.05) is 0 Å². The third-order valence-corrected chi connectivity index (χ3v) is 0.175. The molecule has 0 unspecified atom stereocenters. The quantitative estimate of drug-likeness (QED) is 0.342. The Morgan fingerprint density at radius 2 is 1.50 bits per heavy atom. The van der Waals surface area contributed by atoms with E-state index in [0.717, 1.165) is 0 Å². The van der Waals surface area contributed by atoms with E-state index in [1.54, 1.807) is 0 Å². The number of aliphatic carboxylic acids is 1. The smallest absolute Gasteiger partial charge is 0.565 e. The molecule has 0 amide bonds. The van der Waals surface area contributed by atoms with E-state index in [-0.39, 0.29) is 57.9 Å². The maximum absolute atomic E-state index is 9.24. The van der Waals surface area contributed by atoms with Crippen molar-refractivity contribution in [2.24, 2.45) is 5.73 Å². The molecule has 0 saturated heterocycles. The van der Waals surface area contributed by atoms with Crippen molar-refractivity contribution < 1.29 is 76.3 Å². The van der Waals surface area contributed by atoms with Gasteiger partial charge in [0.15, 0.2) is 0 Å². The number of nitrogens with two attached hydrogens (primary N) is 1. The van der Waals surface area contributed by atoms with Gasteiger partial charge in [-0.25, -0.2) is 0 Å². The van der Waals surface area contributed by atoms with Crippen molar-refractivity contribution in [2.75, 3.05) is 6.54 Å². The molecule has 0 radical (unpaired) electrons. The minimum Gasteiger partial charge on any atom is -0.565 e. The van der Waals surface area contributed by atoms with Crippen molar-refractivity contribution in [1.82, 2.24) is 0 Å². The predicted molar refractivity (Wildman–Crippen MR) is 24.7 cm³/mol. The Hall–Kier alpha value is 0.336. The van der Waals surface area contributed by atoms with Gasteiger partial charge in [-0.1, -0.05) is 0 Å². The molecule has 10 heavy (non-hydrogen) atoms. The summed E-state index contributed by atoms with van der Waals surface area (Å²) in [7, 11) is 0. The van der Waals surface area contributed by atoms with Crippen LogP contribution in [-0.4, -0.2) is 28.9 Å². The molecule has 0 saturated carbocycles. The van der Waals surface area contributed by atoms with Crippen LogP contribution in [0.25, 0.3) is 0 Å². The fourth-order valence-electron chi connectivity index (χ4n) is 0. The Balaban J connectivity index is -0.0000000910. The van der Waals surface area contributed by atoms with Crippen LogP contribution in [0.4, 0.5) is 4.79 Å². The van der Waals surface area contributed by atoms with Gasteiger partial charge in [-0.15, -0.1) is 0 Å². The summed E-state index contributed by atoms with van der Waals surface area (Å²) < 4.78 is 0. The van der Waals surface area contributed by atoms with Gasteiger partial charge >= 0.3 is 57.4 Å². The van der Waals surface area contributed by atoms with Gasteiger partial charge in [0.25, 0.3) is 0 Å². The molecule has 0 aromatic heterocycles. The van der Waals surface area contributed by atoms with Gasteiger partial charge in [-0.2, -0.15) is 0 Å². The summed E-state index contributed by atoms with van der Waals surface area (Å²) >= 11 is 0. The van der Waals surface area contributed by atoms with E-state index in [4.69, 9.17) is 20.1 Å². The van der Waals surface area contributed by atoms with Crippen LogP contribution in [0.15, 0.2) is 0 Å². The fraction of sp³-hybridized carbons (Fsp3) is 0.333. The van der Waals surface area contributed by atoms with Crippen LogP contribution >= 0.6 is 0 Å². The molecule has 0 aliphatic carbocycles. The summed E-state index contributed by atoms with van der Waals surface area (Å²) in [5.41, 5.74) is 4.57. The topological polar surface area (TPSA) is 124 Å². The molecule has 0 aromatic carbocycles. The first kappa shape index (κ1) is 16.7. The van der Waals surface area contributed by atoms with Crippen LogP contribution in [0.5, 0.6) is 0 Å². The van der Waals surface area contributed by atoms with Crippen molar-refractivity contribution in [2.45, 2.75) is 0 Å². The standard InChI is InChI=1S/C2H5NO2.CH2O3.K/c3-1-2(4)5;2-1(3)4;/h1,3H2,(H,4,5);(H2,2,3,4);/q;;+1/p-1. The molecule has 4 N–H and O–H groups in total. The zero-order chi connectivity index (χ0) is 7.86. The summed E-state index contributed by atoms with van der Waals surface area (Å²) in [5, 5.41) is 22.9. The predicted octanol–water partition coefficient (Wildman–Crippen LogP) is -5.08. The molecular weight excluding hydrogens is 169 g/mol. The summed E-state index contributed by atoms with van der Waals surface area (Å²) in [6.07, 6.45) is -2.08. The molecule has 0 fully saturated rings. The molecule has 0 aliphatic heterocycles. The SMILES string of the molecule is NCC(=O)O.O=C([O-])O.[K+]. The minimum absolute atomic E-state index is 0. The molecule has 0 aromatic rings. The minimum atomic E-state index is -2.08. The van der Waals surface area contributed by atoms with Crippen LogP contribution < -0.4 is 62.2 Å². The number of carbonyl (C=O) groups is 2. The van der Waals surface area contributed by atoms with E-state index in [2.05, 4.69) is 5.73 Å². The Bertz CT molecular complexity index is 101. The monoisotopic (exact) mass is 175 g/mol. The molecule has 7 heteroatoms. The number of hydrogen-bond acceptors (Lipinski definition) is 4. The normalized spacial score (nSPS) is 6.10. The molecule has 54 valence electrons. The van der Waals surface area contributed by atoms with Gasteiger partial charge < -0.3 is 25.8 Å². The zero-order valence-corrected chi connectivity index (χ0v) is 8.53. The summed E-state index contributed by atoms with van der Waals surface area (Å²) in [5.74, 6) is -0.968. The second-order valence-electron chi connectivity index (χ2n) is 0.864. The average Bonchev–Trinajstić information content (AvgIpc) is 1.65. The van der Waals surface area contributed by atoms with Crippen LogP contribution in [0.1, 0.15) is 0 Å². The Morgan fingerprint density at radius 3 is 1.50 bits per heavy atom. The first-order valence-corrected chi connectivity index (χ1v) is 1.82. The second kappa shape index (κ2) is 12.1. The van der Waals surface area contributed by atoms with Crippen molar-refractivity contribution in [3.8, 4) is 0 Å².